The summed E-state index contributed by atoms with van der Waals surface area (Å²) >= 11 is 11.5. The van der Waals surface area contributed by atoms with Crippen LogP contribution in [0.15, 0.2) is 35.3 Å². The van der Waals surface area contributed by atoms with Gasteiger partial charge in [0.2, 0.25) is 5.91 Å². The summed E-state index contributed by atoms with van der Waals surface area (Å²) in [6.07, 6.45) is 1.98. The van der Waals surface area contributed by atoms with E-state index in [0.717, 1.165) is 22.2 Å². The molecule has 0 saturated carbocycles. The summed E-state index contributed by atoms with van der Waals surface area (Å²) < 4.78 is 0.991. The Morgan fingerprint density at radius 2 is 1.96 bits per heavy atom. The minimum absolute atomic E-state index is 0.0689. The van der Waals surface area contributed by atoms with Crippen LogP contribution in [-0.4, -0.2) is 15.7 Å². The minimum Gasteiger partial charge on any atom is -0.348 e. The van der Waals surface area contributed by atoms with E-state index in [2.05, 4.69) is 10.4 Å². The van der Waals surface area contributed by atoms with Crippen molar-refractivity contribution in [1.82, 2.24) is 15.1 Å². The second kappa shape index (κ2) is 7.62. The third-order valence-corrected chi connectivity index (χ3v) is 4.21. The molecule has 0 spiro atoms. The molecule has 1 unspecified atom stereocenters. The summed E-state index contributed by atoms with van der Waals surface area (Å²) in [4.78, 5) is 24.1. The van der Waals surface area contributed by atoms with Crippen LogP contribution in [-0.2, 0) is 11.3 Å². The van der Waals surface area contributed by atoms with E-state index in [1.54, 1.807) is 0 Å². The van der Waals surface area contributed by atoms with E-state index in [0.29, 0.717) is 0 Å². The number of nitrogens with one attached hydrogen (secondary N) is 1. The molecule has 0 fully saturated rings. The lowest BCUT2D eigenvalue weighted by molar-refractivity contribution is -0.122. The van der Waals surface area contributed by atoms with Crippen molar-refractivity contribution in [1.29, 1.82) is 0 Å². The predicted molar refractivity (Wildman–Crippen MR) is 90.9 cm³/mol. The van der Waals surface area contributed by atoms with Crippen molar-refractivity contribution in [2.45, 2.75) is 32.9 Å². The molecule has 1 atom stereocenters. The van der Waals surface area contributed by atoms with Crippen LogP contribution in [0.25, 0.3) is 0 Å². The van der Waals surface area contributed by atoms with Gasteiger partial charge in [0.25, 0.3) is 5.56 Å². The van der Waals surface area contributed by atoms with Gasteiger partial charge in [0, 0.05) is 0 Å². The Labute approximate surface area is 144 Å². The van der Waals surface area contributed by atoms with Crippen molar-refractivity contribution in [2.24, 2.45) is 0 Å². The number of hydrogen-bond acceptors (Lipinski definition) is 3. The van der Waals surface area contributed by atoms with Gasteiger partial charge in [0.15, 0.2) is 0 Å². The van der Waals surface area contributed by atoms with Crippen LogP contribution in [0.3, 0.4) is 0 Å². The first kappa shape index (κ1) is 17.5. The zero-order valence-corrected chi connectivity index (χ0v) is 14.4. The van der Waals surface area contributed by atoms with Crippen LogP contribution in [0, 0.1) is 6.92 Å². The highest BCUT2D eigenvalue weighted by Crippen LogP contribution is 2.17. The summed E-state index contributed by atoms with van der Waals surface area (Å²) in [7, 11) is 0. The van der Waals surface area contributed by atoms with E-state index in [1.165, 1.54) is 6.20 Å². The third kappa shape index (κ3) is 4.33. The summed E-state index contributed by atoms with van der Waals surface area (Å²) in [6.45, 7) is 3.78. The highest BCUT2D eigenvalue weighted by molar-refractivity contribution is 6.41. The number of benzene rings is 1. The lowest BCUT2D eigenvalue weighted by Gasteiger charge is -2.18. The molecule has 1 aromatic heterocycles. The maximum atomic E-state index is 12.2. The number of carbonyl (C=O) groups excluding carboxylic acids is 1. The molecule has 7 heteroatoms. The van der Waals surface area contributed by atoms with E-state index in [1.807, 2.05) is 38.1 Å². The number of amides is 1. The van der Waals surface area contributed by atoms with E-state index < -0.39 is 5.56 Å². The highest BCUT2D eigenvalue weighted by atomic mass is 35.5. The normalized spacial score (nSPS) is 12.0. The monoisotopic (exact) mass is 353 g/mol. The van der Waals surface area contributed by atoms with E-state index >= 15 is 0 Å². The minimum atomic E-state index is -0.585. The van der Waals surface area contributed by atoms with E-state index in [-0.39, 0.29) is 28.5 Å². The van der Waals surface area contributed by atoms with Crippen LogP contribution < -0.4 is 10.9 Å². The van der Waals surface area contributed by atoms with E-state index in [9.17, 15) is 9.59 Å². The largest absolute Gasteiger partial charge is 0.348 e. The topological polar surface area (TPSA) is 64.0 Å². The van der Waals surface area contributed by atoms with Crippen LogP contribution in [0.2, 0.25) is 10.0 Å². The van der Waals surface area contributed by atoms with Gasteiger partial charge in [-0.1, -0.05) is 60.0 Å². The Morgan fingerprint density at radius 3 is 2.57 bits per heavy atom. The maximum absolute atomic E-state index is 12.2. The Morgan fingerprint density at radius 1 is 1.30 bits per heavy atom. The second-order valence-electron chi connectivity index (χ2n) is 5.21. The van der Waals surface area contributed by atoms with Gasteiger partial charge in [-0.3, -0.25) is 9.59 Å². The zero-order chi connectivity index (χ0) is 17.0. The van der Waals surface area contributed by atoms with Crippen molar-refractivity contribution in [3.63, 3.8) is 0 Å². The fourth-order valence-electron chi connectivity index (χ4n) is 2.15. The SMILES string of the molecule is CCC(NC(=O)Cn1ncc(Cl)c(Cl)c1=O)c1ccc(C)cc1. The summed E-state index contributed by atoms with van der Waals surface area (Å²) in [5.74, 6) is -0.314. The number of aromatic nitrogens is 2. The Kier molecular flexibility index (Phi) is 5.80. The van der Waals surface area contributed by atoms with Gasteiger partial charge in [-0.05, 0) is 18.9 Å². The maximum Gasteiger partial charge on any atom is 0.287 e. The average Bonchev–Trinajstić information content (AvgIpc) is 2.54. The van der Waals surface area contributed by atoms with Crippen LogP contribution in [0.1, 0.15) is 30.5 Å². The summed E-state index contributed by atoms with van der Waals surface area (Å²) in [5.41, 5.74) is 1.58. The fraction of sp³-hybridized carbons (Fsp3) is 0.312. The molecular formula is C16H17Cl2N3O2. The number of carbonyl (C=O) groups is 1. The van der Waals surface area contributed by atoms with Crippen molar-refractivity contribution in [3.05, 3.63) is 62.0 Å². The Bertz CT molecular complexity index is 757. The number of rotatable bonds is 5. The summed E-state index contributed by atoms with van der Waals surface area (Å²) in [5, 5.41) is 6.65. The smallest absolute Gasteiger partial charge is 0.287 e. The Hall–Kier alpha value is -1.85. The molecule has 1 heterocycles. The average molecular weight is 354 g/mol. The third-order valence-electron chi connectivity index (χ3n) is 3.46. The molecule has 0 aliphatic heterocycles. The van der Waals surface area contributed by atoms with Gasteiger partial charge < -0.3 is 5.32 Å². The number of nitrogens with zero attached hydrogens (tertiary/aromatic N) is 2. The molecular weight excluding hydrogens is 337 g/mol. The molecule has 23 heavy (non-hydrogen) atoms. The molecule has 1 N–H and O–H groups in total. The van der Waals surface area contributed by atoms with Gasteiger partial charge in [-0.25, -0.2) is 4.68 Å². The van der Waals surface area contributed by atoms with Gasteiger partial charge in [0.05, 0.1) is 17.3 Å². The quantitative estimate of drug-likeness (QED) is 0.897. The Balaban J connectivity index is 2.10. The number of hydrogen-bond donors (Lipinski definition) is 1. The van der Waals surface area contributed by atoms with Crippen LogP contribution in [0.4, 0.5) is 0 Å². The molecule has 0 radical (unpaired) electrons. The van der Waals surface area contributed by atoms with Crippen LogP contribution in [0.5, 0.6) is 0 Å². The van der Waals surface area contributed by atoms with Gasteiger partial charge in [0.1, 0.15) is 11.6 Å². The van der Waals surface area contributed by atoms with Gasteiger partial charge in [-0.15, -0.1) is 0 Å². The molecule has 0 aliphatic carbocycles. The molecule has 1 aromatic carbocycles. The zero-order valence-electron chi connectivity index (χ0n) is 12.8. The lowest BCUT2D eigenvalue weighted by Crippen LogP contribution is -2.35. The van der Waals surface area contributed by atoms with Gasteiger partial charge in [-0.2, -0.15) is 5.10 Å². The molecule has 1 amide bonds. The predicted octanol–water partition coefficient (Wildman–Crippen LogP) is 3.13. The number of halogens is 2. The number of aryl methyl sites for hydroxylation is 1. The molecule has 5 nitrogen and oxygen atoms in total. The molecule has 2 rings (SSSR count). The molecule has 122 valence electrons. The fourth-order valence-corrected chi connectivity index (χ4v) is 2.42. The summed E-state index contributed by atoms with van der Waals surface area (Å²) in [6, 6.07) is 7.83. The molecule has 2 aromatic rings. The highest BCUT2D eigenvalue weighted by Gasteiger charge is 2.15. The molecule has 0 bridgehead atoms. The first-order chi connectivity index (χ1) is 10.9. The van der Waals surface area contributed by atoms with Crippen LogP contribution >= 0.6 is 23.2 Å². The first-order valence-corrected chi connectivity index (χ1v) is 7.95. The lowest BCUT2D eigenvalue weighted by atomic mass is 10.0. The first-order valence-electron chi connectivity index (χ1n) is 7.19. The van der Waals surface area contributed by atoms with E-state index in [4.69, 9.17) is 23.2 Å². The molecule has 0 saturated heterocycles. The van der Waals surface area contributed by atoms with Gasteiger partial charge >= 0.3 is 0 Å². The van der Waals surface area contributed by atoms with Crippen molar-refractivity contribution in [3.8, 4) is 0 Å². The standard InChI is InChI=1S/C16H17Cl2N3O2/c1-3-13(11-6-4-10(2)5-7-11)20-14(22)9-21-16(23)15(18)12(17)8-19-21/h4-8,13H,3,9H2,1-2H3,(H,20,22). The molecule has 0 aliphatic rings. The second-order valence-corrected chi connectivity index (χ2v) is 5.99. The van der Waals surface area contributed by atoms with Crippen molar-refractivity contribution in [2.75, 3.05) is 0 Å². The van der Waals surface area contributed by atoms with Crippen molar-refractivity contribution < 1.29 is 4.79 Å². The van der Waals surface area contributed by atoms with Crippen molar-refractivity contribution >= 4 is 29.1 Å².